The molecule has 1 saturated heterocycles. The van der Waals surface area contributed by atoms with Gasteiger partial charge in [0.1, 0.15) is 18.5 Å². The molecule has 12 heteroatoms. The quantitative estimate of drug-likeness (QED) is 0.438. The highest BCUT2D eigenvalue weighted by atomic mass is 16.7. The number of hydrogen-bond acceptors (Lipinski definition) is 11. The van der Waals surface area contributed by atoms with E-state index >= 15 is 0 Å². The molecule has 170 valence electrons. The zero-order valence-corrected chi connectivity index (χ0v) is 17.5. The number of carbonyl (C=O) groups is 3. The van der Waals surface area contributed by atoms with E-state index in [1.807, 2.05) is 0 Å². The van der Waals surface area contributed by atoms with Crippen molar-refractivity contribution in [1.82, 2.24) is 14.5 Å². The number of aromatic nitrogens is 3. The van der Waals surface area contributed by atoms with E-state index < -0.39 is 48.1 Å². The third-order valence-electron chi connectivity index (χ3n) is 4.28. The first kappa shape index (κ1) is 22.9. The number of hydrogen-bond donors (Lipinski definition) is 0. The van der Waals surface area contributed by atoms with Gasteiger partial charge in [0.15, 0.2) is 18.4 Å². The molecule has 0 aliphatic carbocycles. The molecule has 1 fully saturated rings. The first-order chi connectivity index (χ1) is 15.2. The van der Waals surface area contributed by atoms with Crippen LogP contribution in [0.4, 0.5) is 0 Å². The monoisotopic (exact) mass is 447 g/mol. The second-order valence-electron chi connectivity index (χ2n) is 6.76. The van der Waals surface area contributed by atoms with Gasteiger partial charge in [0.25, 0.3) is 0 Å². The maximum Gasteiger partial charge on any atom is 0.353 e. The van der Waals surface area contributed by atoms with E-state index in [0.29, 0.717) is 5.75 Å². The van der Waals surface area contributed by atoms with E-state index in [1.54, 1.807) is 18.3 Å². The summed E-state index contributed by atoms with van der Waals surface area (Å²) in [5.74, 6) is -1.56. The Balaban J connectivity index is 1.90. The highest BCUT2D eigenvalue weighted by Gasteiger charge is 2.50. The molecule has 1 aliphatic heterocycles. The molecule has 3 rings (SSSR count). The predicted molar refractivity (Wildman–Crippen MR) is 104 cm³/mol. The third kappa shape index (κ3) is 5.66. The highest BCUT2D eigenvalue weighted by molar-refractivity contribution is 5.68. The Morgan fingerprint density at radius 1 is 1.06 bits per heavy atom. The van der Waals surface area contributed by atoms with Crippen LogP contribution in [0.5, 0.6) is 11.6 Å². The summed E-state index contributed by atoms with van der Waals surface area (Å²) in [4.78, 5) is 55.0. The summed E-state index contributed by atoms with van der Waals surface area (Å²) in [7, 11) is 0. The molecule has 32 heavy (non-hydrogen) atoms. The van der Waals surface area contributed by atoms with Gasteiger partial charge in [-0.25, -0.2) is 4.79 Å². The van der Waals surface area contributed by atoms with E-state index in [2.05, 4.69) is 9.97 Å². The topological polar surface area (TPSA) is 145 Å². The fourth-order valence-electron chi connectivity index (χ4n) is 3.09. The fraction of sp³-hybridized carbons (Fsp3) is 0.400. The van der Waals surface area contributed by atoms with Crippen LogP contribution >= 0.6 is 0 Å². The summed E-state index contributed by atoms with van der Waals surface area (Å²) < 4.78 is 27.9. The van der Waals surface area contributed by atoms with Crippen molar-refractivity contribution in [2.24, 2.45) is 0 Å². The zero-order chi connectivity index (χ0) is 23.3. The van der Waals surface area contributed by atoms with E-state index in [4.69, 9.17) is 23.7 Å². The van der Waals surface area contributed by atoms with Gasteiger partial charge in [-0.1, -0.05) is 0 Å². The second kappa shape index (κ2) is 10.0. The maximum atomic E-state index is 12.7. The van der Waals surface area contributed by atoms with Crippen LogP contribution in [0.1, 0.15) is 27.0 Å². The van der Waals surface area contributed by atoms with E-state index in [1.165, 1.54) is 32.3 Å². The summed E-state index contributed by atoms with van der Waals surface area (Å²) in [6.45, 7) is 3.24. The van der Waals surface area contributed by atoms with Gasteiger partial charge < -0.3 is 23.7 Å². The summed E-state index contributed by atoms with van der Waals surface area (Å²) in [6, 6.07) is 4.70. The molecular weight excluding hydrogens is 426 g/mol. The average Bonchev–Trinajstić information content (AvgIpc) is 3.03. The molecule has 3 heterocycles. The highest BCUT2D eigenvalue weighted by Crippen LogP contribution is 2.34. The van der Waals surface area contributed by atoms with E-state index in [9.17, 15) is 19.2 Å². The molecule has 4 atom stereocenters. The summed E-state index contributed by atoms with van der Waals surface area (Å²) in [5, 5.41) is 0. The average molecular weight is 447 g/mol. The van der Waals surface area contributed by atoms with Crippen LogP contribution in [0, 0.1) is 0 Å². The lowest BCUT2D eigenvalue weighted by molar-refractivity contribution is -0.166. The van der Waals surface area contributed by atoms with Gasteiger partial charge in [0, 0.05) is 39.2 Å². The molecule has 12 nitrogen and oxygen atoms in total. The normalized spacial score (nSPS) is 22.1. The molecule has 1 aliphatic rings. The van der Waals surface area contributed by atoms with Crippen molar-refractivity contribution in [3.63, 3.8) is 0 Å². The van der Waals surface area contributed by atoms with Gasteiger partial charge in [-0.05, 0) is 12.1 Å². The Morgan fingerprint density at radius 2 is 1.78 bits per heavy atom. The van der Waals surface area contributed by atoms with E-state index in [-0.39, 0.29) is 12.5 Å². The van der Waals surface area contributed by atoms with Gasteiger partial charge in [0.05, 0.1) is 6.20 Å². The number of ether oxygens (including phenoxy) is 5. The van der Waals surface area contributed by atoms with Crippen LogP contribution in [-0.4, -0.2) is 57.4 Å². The first-order valence-electron chi connectivity index (χ1n) is 9.55. The molecule has 0 N–H and O–H groups in total. The molecular formula is C20H21N3O9. The molecule has 0 saturated carbocycles. The van der Waals surface area contributed by atoms with Gasteiger partial charge in [0.2, 0.25) is 5.88 Å². The molecule has 0 aromatic carbocycles. The van der Waals surface area contributed by atoms with Crippen LogP contribution in [0.15, 0.2) is 41.6 Å². The summed E-state index contributed by atoms with van der Waals surface area (Å²) >= 11 is 0. The first-order valence-corrected chi connectivity index (χ1v) is 9.55. The van der Waals surface area contributed by atoms with Gasteiger partial charge in [-0.15, -0.1) is 0 Å². The van der Waals surface area contributed by atoms with Crippen molar-refractivity contribution < 1.29 is 38.1 Å². The Labute approximate surface area is 182 Å². The van der Waals surface area contributed by atoms with Crippen molar-refractivity contribution in [2.45, 2.75) is 45.3 Å². The summed E-state index contributed by atoms with van der Waals surface area (Å²) in [5.41, 5.74) is -0.775. The van der Waals surface area contributed by atoms with E-state index in [0.717, 1.165) is 11.5 Å². The largest absolute Gasteiger partial charge is 0.463 e. The number of rotatable bonds is 7. The van der Waals surface area contributed by atoms with Crippen molar-refractivity contribution in [3.05, 3.63) is 47.3 Å². The number of pyridine rings is 1. The molecule has 0 bridgehead atoms. The SMILES string of the molecule is CC(=O)OC[C@H]1O[C@@H](n2ccc(Oc3cccnc3)nc2=O)[C@H](OC(C)=O)[C@@H]1OC(C)=O. The fourth-order valence-corrected chi connectivity index (χ4v) is 3.09. The van der Waals surface area contributed by atoms with Crippen LogP contribution < -0.4 is 10.4 Å². The Hall–Kier alpha value is -3.80. The summed E-state index contributed by atoms with van der Waals surface area (Å²) in [6.07, 6.45) is -0.155. The lowest BCUT2D eigenvalue weighted by atomic mass is 10.1. The number of esters is 3. The minimum atomic E-state index is -1.20. The predicted octanol–water partition coefficient (Wildman–Crippen LogP) is 0.754. The lowest BCUT2D eigenvalue weighted by Gasteiger charge is -2.23. The van der Waals surface area contributed by atoms with Crippen LogP contribution in [0.2, 0.25) is 0 Å². The third-order valence-corrected chi connectivity index (χ3v) is 4.28. The van der Waals surface area contributed by atoms with Crippen molar-refractivity contribution in [3.8, 4) is 11.6 Å². The van der Waals surface area contributed by atoms with Crippen molar-refractivity contribution in [1.29, 1.82) is 0 Å². The molecule has 0 amide bonds. The maximum absolute atomic E-state index is 12.7. The standard InChI is InChI=1S/C20H21N3O9/c1-11(24)28-10-15-17(29-12(2)25)18(30-13(3)26)19(32-15)23-8-6-16(22-20(23)27)31-14-5-4-7-21-9-14/h4-9,15,17-19H,10H2,1-3H3/t15-,17-,18-,19-/m1/s1. The lowest BCUT2D eigenvalue weighted by Crippen LogP contribution is -2.41. The Kier molecular flexibility index (Phi) is 7.15. The van der Waals surface area contributed by atoms with Crippen LogP contribution in [0.3, 0.4) is 0 Å². The van der Waals surface area contributed by atoms with Gasteiger partial charge in [-0.3, -0.25) is 23.9 Å². The molecule has 2 aromatic rings. The Morgan fingerprint density at radius 3 is 2.38 bits per heavy atom. The van der Waals surface area contributed by atoms with Gasteiger partial charge in [-0.2, -0.15) is 4.98 Å². The molecule has 2 aromatic heterocycles. The van der Waals surface area contributed by atoms with Crippen LogP contribution in [0.25, 0.3) is 0 Å². The molecule has 0 radical (unpaired) electrons. The number of carbonyl (C=O) groups excluding carboxylic acids is 3. The second-order valence-corrected chi connectivity index (χ2v) is 6.76. The van der Waals surface area contributed by atoms with Crippen LogP contribution in [-0.2, 0) is 33.3 Å². The van der Waals surface area contributed by atoms with Crippen molar-refractivity contribution in [2.75, 3.05) is 6.61 Å². The van der Waals surface area contributed by atoms with Crippen molar-refractivity contribution >= 4 is 17.9 Å². The minimum Gasteiger partial charge on any atom is -0.463 e. The number of nitrogens with zero attached hydrogens (tertiary/aromatic N) is 3. The Bertz CT molecular complexity index is 1040. The molecule has 0 spiro atoms. The zero-order valence-electron chi connectivity index (χ0n) is 17.5. The minimum absolute atomic E-state index is 0.00859. The van der Waals surface area contributed by atoms with Gasteiger partial charge >= 0.3 is 23.6 Å². The molecule has 0 unspecified atom stereocenters. The smallest absolute Gasteiger partial charge is 0.353 e.